The van der Waals surface area contributed by atoms with Crippen LogP contribution in [0.4, 0.5) is 0 Å². The molecule has 1 heterocycles. The van der Waals surface area contributed by atoms with Gasteiger partial charge in [-0.15, -0.1) is 0 Å². The van der Waals surface area contributed by atoms with E-state index in [-0.39, 0.29) is 5.54 Å². The predicted octanol–water partition coefficient (Wildman–Crippen LogP) is 3.47. The molecule has 0 aromatic carbocycles. The van der Waals surface area contributed by atoms with Crippen molar-refractivity contribution in [2.75, 3.05) is 0 Å². The lowest BCUT2D eigenvalue weighted by Crippen LogP contribution is -2.48. The second kappa shape index (κ2) is 3.36. The molecule has 1 unspecified atom stereocenters. The lowest BCUT2D eigenvalue weighted by molar-refractivity contribution is 0.153. The Morgan fingerprint density at radius 1 is 1.38 bits per heavy atom. The summed E-state index contributed by atoms with van der Waals surface area (Å²) in [6, 6.07) is 0. The van der Waals surface area contributed by atoms with E-state index in [0.29, 0.717) is 5.41 Å². The van der Waals surface area contributed by atoms with Crippen LogP contribution in [0.2, 0.25) is 0 Å². The molecule has 1 aliphatic rings. The second-order valence-corrected chi connectivity index (χ2v) is 5.53. The summed E-state index contributed by atoms with van der Waals surface area (Å²) in [7, 11) is 0. The van der Waals surface area contributed by atoms with Crippen LogP contribution < -0.4 is 5.32 Å². The minimum Gasteiger partial charge on any atom is -0.384 e. The molecule has 0 saturated carbocycles. The first kappa shape index (κ1) is 10.6. The largest absolute Gasteiger partial charge is 0.384 e. The molecule has 0 aromatic heterocycles. The molecule has 0 amide bonds. The summed E-state index contributed by atoms with van der Waals surface area (Å²) in [6.07, 6.45) is 4.99. The third-order valence-electron chi connectivity index (χ3n) is 2.88. The first-order valence-corrected chi connectivity index (χ1v) is 5.33. The standard InChI is InChI=1S/C12H23N/c1-6-7-12(5)8-10(2)13-11(3,4)9-12/h13H,2,6-9H2,1,3-5H3. The van der Waals surface area contributed by atoms with Crippen LogP contribution in [0.5, 0.6) is 0 Å². The van der Waals surface area contributed by atoms with Crippen LogP contribution in [0.1, 0.15) is 53.4 Å². The first-order chi connectivity index (χ1) is 5.87. The average Bonchev–Trinajstić information content (AvgIpc) is 1.78. The molecule has 1 N–H and O–H groups in total. The van der Waals surface area contributed by atoms with Crippen LogP contribution in [0.15, 0.2) is 12.3 Å². The third-order valence-corrected chi connectivity index (χ3v) is 2.88. The molecule has 0 bridgehead atoms. The van der Waals surface area contributed by atoms with Crippen molar-refractivity contribution in [2.45, 2.75) is 58.9 Å². The van der Waals surface area contributed by atoms with Crippen molar-refractivity contribution in [3.63, 3.8) is 0 Å². The van der Waals surface area contributed by atoms with Gasteiger partial charge in [-0.2, -0.15) is 0 Å². The molecule has 0 radical (unpaired) electrons. The van der Waals surface area contributed by atoms with Crippen molar-refractivity contribution in [1.29, 1.82) is 0 Å². The highest BCUT2D eigenvalue weighted by Gasteiger charge is 2.36. The molecule has 0 aliphatic carbocycles. The summed E-state index contributed by atoms with van der Waals surface area (Å²) in [5.74, 6) is 0. The fourth-order valence-corrected chi connectivity index (χ4v) is 2.99. The van der Waals surface area contributed by atoms with Crippen LogP contribution in [0.25, 0.3) is 0 Å². The Morgan fingerprint density at radius 2 is 2.00 bits per heavy atom. The zero-order valence-corrected chi connectivity index (χ0v) is 9.54. The molecule has 76 valence electrons. The molecule has 13 heavy (non-hydrogen) atoms. The van der Waals surface area contributed by atoms with Crippen LogP contribution >= 0.6 is 0 Å². The second-order valence-electron chi connectivity index (χ2n) is 5.53. The number of hydrogen-bond acceptors (Lipinski definition) is 1. The predicted molar refractivity (Wildman–Crippen MR) is 58.6 cm³/mol. The smallest absolute Gasteiger partial charge is 0.0319 e. The summed E-state index contributed by atoms with van der Waals surface area (Å²) >= 11 is 0. The normalized spacial score (nSPS) is 32.8. The van der Waals surface area contributed by atoms with E-state index < -0.39 is 0 Å². The van der Waals surface area contributed by atoms with Crippen LogP contribution in [-0.4, -0.2) is 5.54 Å². The molecular weight excluding hydrogens is 158 g/mol. The van der Waals surface area contributed by atoms with Gasteiger partial charge in [0, 0.05) is 11.2 Å². The highest BCUT2D eigenvalue weighted by molar-refractivity contribution is 5.08. The van der Waals surface area contributed by atoms with E-state index in [1.165, 1.54) is 25.0 Å². The number of rotatable bonds is 2. The Morgan fingerprint density at radius 3 is 2.46 bits per heavy atom. The van der Waals surface area contributed by atoms with Gasteiger partial charge < -0.3 is 5.32 Å². The molecule has 1 aliphatic heterocycles. The molecule has 1 rings (SSSR count). The minimum absolute atomic E-state index is 0.235. The van der Waals surface area contributed by atoms with Crippen LogP contribution in [0.3, 0.4) is 0 Å². The molecule has 0 spiro atoms. The van der Waals surface area contributed by atoms with Crippen molar-refractivity contribution in [3.05, 3.63) is 12.3 Å². The zero-order valence-electron chi connectivity index (χ0n) is 9.54. The van der Waals surface area contributed by atoms with Gasteiger partial charge in [-0.1, -0.05) is 26.8 Å². The monoisotopic (exact) mass is 181 g/mol. The topological polar surface area (TPSA) is 12.0 Å². The maximum absolute atomic E-state index is 4.08. The molecule has 1 nitrogen and oxygen atoms in total. The number of allylic oxidation sites excluding steroid dienone is 1. The maximum Gasteiger partial charge on any atom is 0.0319 e. The van der Waals surface area contributed by atoms with Gasteiger partial charge in [0.1, 0.15) is 0 Å². The molecule has 1 fully saturated rings. The summed E-state index contributed by atoms with van der Waals surface area (Å²) < 4.78 is 0. The zero-order chi connectivity index (χ0) is 10.1. The van der Waals surface area contributed by atoms with Crippen molar-refractivity contribution in [2.24, 2.45) is 5.41 Å². The average molecular weight is 181 g/mol. The van der Waals surface area contributed by atoms with E-state index in [1.54, 1.807) is 0 Å². The third kappa shape index (κ3) is 2.75. The Labute approximate surface area is 82.6 Å². The Bertz CT molecular complexity index is 205. The van der Waals surface area contributed by atoms with Gasteiger partial charge in [0.2, 0.25) is 0 Å². The van der Waals surface area contributed by atoms with Crippen LogP contribution in [0, 0.1) is 5.41 Å². The van der Waals surface area contributed by atoms with Crippen molar-refractivity contribution in [1.82, 2.24) is 5.32 Å². The van der Waals surface area contributed by atoms with Gasteiger partial charge in [-0.3, -0.25) is 0 Å². The Balaban J connectivity index is 2.72. The summed E-state index contributed by atoms with van der Waals surface area (Å²) in [5, 5.41) is 3.47. The molecule has 1 saturated heterocycles. The Kier molecular flexibility index (Phi) is 2.74. The lowest BCUT2D eigenvalue weighted by Gasteiger charge is -2.45. The lowest BCUT2D eigenvalue weighted by atomic mass is 9.70. The minimum atomic E-state index is 0.235. The van der Waals surface area contributed by atoms with Gasteiger partial charge in [-0.25, -0.2) is 0 Å². The molecule has 0 aromatic rings. The van der Waals surface area contributed by atoms with Gasteiger partial charge in [0.05, 0.1) is 0 Å². The molecule has 1 heteroatoms. The fourth-order valence-electron chi connectivity index (χ4n) is 2.99. The maximum atomic E-state index is 4.08. The number of piperidine rings is 1. The van der Waals surface area contributed by atoms with Gasteiger partial charge in [0.15, 0.2) is 0 Å². The Hall–Kier alpha value is -0.460. The van der Waals surface area contributed by atoms with E-state index in [4.69, 9.17) is 0 Å². The van der Waals surface area contributed by atoms with Crippen molar-refractivity contribution < 1.29 is 0 Å². The van der Waals surface area contributed by atoms with E-state index in [1.807, 2.05) is 0 Å². The van der Waals surface area contributed by atoms with Crippen LogP contribution in [-0.2, 0) is 0 Å². The van der Waals surface area contributed by atoms with E-state index in [0.717, 1.165) is 6.42 Å². The summed E-state index contributed by atoms with van der Waals surface area (Å²) in [5.41, 5.74) is 1.92. The summed E-state index contributed by atoms with van der Waals surface area (Å²) in [6.45, 7) is 13.3. The first-order valence-electron chi connectivity index (χ1n) is 5.33. The number of nitrogens with one attached hydrogen (secondary N) is 1. The SMILES string of the molecule is C=C1CC(C)(CCC)CC(C)(C)N1. The van der Waals surface area contributed by atoms with E-state index in [9.17, 15) is 0 Å². The van der Waals surface area contributed by atoms with Gasteiger partial charge in [0.25, 0.3) is 0 Å². The van der Waals surface area contributed by atoms with Crippen molar-refractivity contribution in [3.8, 4) is 0 Å². The highest BCUT2D eigenvalue weighted by Crippen LogP contribution is 2.41. The summed E-state index contributed by atoms with van der Waals surface area (Å²) in [4.78, 5) is 0. The highest BCUT2D eigenvalue weighted by atomic mass is 15.0. The van der Waals surface area contributed by atoms with E-state index in [2.05, 4.69) is 39.6 Å². The van der Waals surface area contributed by atoms with Crippen molar-refractivity contribution >= 4 is 0 Å². The van der Waals surface area contributed by atoms with E-state index >= 15 is 0 Å². The molecular formula is C12H23N. The number of hydrogen-bond donors (Lipinski definition) is 1. The van der Waals surface area contributed by atoms with Gasteiger partial charge >= 0.3 is 0 Å². The fraction of sp³-hybridized carbons (Fsp3) is 0.833. The quantitative estimate of drug-likeness (QED) is 0.688. The van der Waals surface area contributed by atoms with Gasteiger partial charge in [-0.05, 0) is 38.5 Å². The molecule has 1 atom stereocenters.